The zero-order valence-electron chi connectivity index (χ0n) is 19.4. The van der Waals surface area contributed by atoms with Gasteiger partial charge in [-0.1, -0.05) is 6.92 Å². The van der Waals surface area contributed by atoms with E-state index in [-0.39, 0.29) is 23.6 Å². The molecule has 1 heterocycles. The third-order valence-corrected chi connectivity index (χ3v) is 6.05. The summed E-state index contributed by atoms with van der Waals surface area (Å²) in [5.41, 5.74) is -5.19. The molecule has 1 fully saturated rings. The summed E-state index contributed by atoms with van der Waals surface area (Å²) in [5.74, 6) is -9.36. The Bertz CT molecular complexity index is 1300. The first-order chi connectivity index (χ1) is 17.7. The van der Waals surface area contributed by atoms with Crippen LogP contribution in [0.15, 0.2) is 42.5 Å². The average molecular weight is 552 g/mol. The van der Waals surface area contributed by atoms with Gasteiger partial charge in [0.2, 0.25) is 0 Å². The number of hydrogen-bond acceptors (Lipinski definition) is 2. The van der Waals surface area contributed by atoms with Crippen LogP contribution in [0.25, 0.3) is 11.1 Å². The third kappa shape index (κ3) is 5.59. The molecule has 0 saturated carbocycles. The maximum Gasteiger partial charge on any atom is 0.432 e. The van der Waals surface area contributed by atoms with Gasteiger partial charge >= 0.3 is 12.3 Å². The van der Waals surface area contributed by atoms with Crippen molar-refractivity contribution in [3.05, 3.63) is 88.2 Å². The minimum Gasteiger partial charge on any atom is -0.429 e. The van der Waals surface area contributed by atoms with Crippen LogP contribution in [0.3, 0.4) is 0 Å². The van der Waals surface area contributed by atoms with E-state index < -0.39 is 75.5 Å². The third-order valence-electron chi connectivity index (χ3n) is 6.05. The first kappa shape index (κ1) is 27.7. The highest BCUT2D eigenvalue weighted by atomic mass is 19.4. The molecule has 1 saturated heterocycles. The van der Waals surface area contributed by atoms with E-state index in [1.807, 2.05) is 6.92 Å². The molecule has 2 unspecified atom stereocenters. The van der Waals surface area contributed by atoms with Crippen molar-refractivity contribution < 1.29 is 53.4 Å². The van der Waals surface area contributed by atoms with Gasteiger partial charge in [-0.15, -0.1) is 0 Å². The molecule has 2 nitrogen and oxygen atoms in total. The van der Waals surface area contributed by atoms with E-state index in [0.29, 0.717) is 49.8 Å². The summed E-state index contributed by atoms with van der Waals surface area (Å²) in [7, 11) is 0. The van der Waals surface area contributed by atoms with Crippen LogP contribution in [0.5, 0.6) is 5.75 Å². The van der Waals surface area contributed by atoms with E-state index >= 15 is 0 Å². The lowest BCUT2D eigenvalue weighted by molar-refractivity contribution is -0.189. The molecular formula is C26H18F10O2. The van der Waals surface area contributed by atoms with Crippen LogP contribution in [-0.2, 0) is 17.0 Å². The molecule has 3 aromatic carbocycles. The fourth-order valence-corrected chi connectivity index (χ4v) is 4.19. The maximum absolute atomic E-state index is 14.7. The first-order valence-corrected chi connectivity index (χ1v) is 11.2. The van der Waals surface area contributed by atoms with Crippen LogP contribution in [0.4, 0.5) is 43.9 Å². The maximum atomic E-state index is 14.7. The molecule has 12 heteroatoms. The molecule has 0 radical (unpaired) electrons. The Kier molecular flexibility index (Phi) is 7.39. The molecule has 0 spiro atoms. The summed E-state index contributed by atoms with van der Waals surface area (Å²) in [6, 6.07) is 3.59. The van der Waals surface area contributed by atoms with Crippen molar-refractivity contribution in [2.45, 2.75) is 38.2 Å². The van der Waals surface area contributed by atoms with Crippen molar-refractivity contribution in [3.63, 3.8) is 0 Å². The summed E-state index contributed by atoms with van der Waals surface area (Å²) >= 11 is 0. The molecular weight excluding hydrogens is 534 g/mol. The van der Waals surface area contributed by atoms with E-state index in [0.717, 1.165) is 0 Å². The molecule has 0 aromatic heterocycles. The highest BCUT2D eigenvalue weighted by molar-refractivity contribution is 5.66. The van der Waals surface area contributed by atoms with Gasteiger partial charge in [0.25, 0.3) is 0 Å². The Balaban J connectivity index is 1.59. The zero-order chi connectivity index (χ0) is 28.0. The second kappa shape index (κ2) is 10.1. The summed E-state index contributed by atoms with van der Waals surface area (Å²) in [5, 5.41) is 0. The Hall–Kier alpha value is -3.28. The number of ether oxygens (including phenoxy) is 2. The van der Waals surface area contributed by atoms with Crippen LogP contribution in [0, 0.1) is 35.0 Å². The van der Waals surface area contributed by atoms with Crippen molar-refractivity contribution in [3.8, 4) is 16.9 Å². The highest BCUT2D eigenvalue weighted by Crippen LogP contribution is 2.40. The fourth-order valence-electron chi connectivity index (χ4n) is 4.19. The van der Waals surface area contributed by atoms with Gasteiger partial charge in [0.15, 0.2) is 0 Å². The number of alkyl halides is 5. The summed E-state index contributed by atoms with van der Waals surface area (Å²) in [6.45, 7) is 2.26. The minimum atomic E-state index is -5.35. The lowest BCUT2D eigenvalue weighted by atomic mass is 9.95. The average Bonchev–Trinajstić information content (AvgIpc) is 2.77. The Labute approximate surface area is 209 Å². The second-order valence-corrected chi connectivity index (χ2v) is 8.94. The molecule has 0 bridgehead atoms. The first-order valence-electron chi connectivity index (χ1n) is 11.2. The largest absolute Gasteiger partial charge is 0.432 e. The van der Waals surface area contributed by atoms with Crippen molar-refractivity contribution in [2.24, 2.45) is 5.92 Å². The van der Waals surface area contributed by atoms with Crippen LogP contribution >= 0.6 is 0 Å². The monoisotopic (exact) mass is 552 g/mol. The van der Waals surface area contributed by atoms with Crippen molar-refractivity contribution in [2.75, 3.05) is 6.61 Å². The van der Waals surface area contributed by atoms with Gasteiger partial charge in [-0.3, -0.25) is 0 Å². The van der Waals surface area contributed by atoms with Gasteiger partial charge in [0.05, 0.1) is 6.10 Å². The Morgan fingerprint density at radius 1 is 0.737 bits per heavy atom. The molecule has 38 heavy (non-hydrogen) atoms. The van der Waals surface area contributed by atoms with Crippen LogP contribution in [0.2, 0.25) is 0 Å². The predicted octanol–water partition coefficient (Wildman–Crippen LogP) is 8.68. The van der Waals surface area contributed by atoms with Crippen LogP contribution < -0.4 is 4.74 Å². The standard InChI is InChI=1S/C26H18F10O2/c1-12-2-5-22(37-11-12)14-8-20(30)24(21(31)9-14)26(35,36)38-15-3-4-16(17(27)10-15)13-6-18(28)23(19(29)7-13)25(32,33)34/h3-4,6-10,12,22H,2,5,11H2,1H3. The molecule has 0 N–H and O–H groups in total. The molecule has 1 aliphatic heterocycles. The van der Waals surface area contributed by atoms with E-state index in [4.69, 9.17) is 4.74 Å². The molecule has 204 valence electrons. The normalized spacial score (nSPS) is 18.5. The number of hydrogen-bond donors (Lipinski definition) is 0. The van der Waals surface area contributed by atoms with Gasteiger partial charge in [0, 0.05) is 18.2 Å². The van der Waals surface area contributed by atoms with Crippen molar-refractivity contribution in [1.29, 1.82) is 0 Å². The quantitative estimate of drug-likeness (QED) is 0.295. The smallest absolute Gasteiger partial charge is 0.429 e. The second-order valence-electron chi connectivity index (χ2n) is 8.94. The van der Waals surface area contributed by atoms with Crippen molar-refractivity contribution in [1.82, 2.24) is 0 Å². The Morgan fingerprint density at radius 2 is 1.32 bits per heavy atom. The number of halogens is 10. The molecule has 1 aliphatic rings. The predicted molar refractivity (Wildman–Crippen MR) is 115 cm³/mol. The summed E-state index contributed by atoms with van der Waals surface area (Å²) in [6.07, 6.45) is -9.50. The lowest BCUT2D eigenvalue weighted by Gasteiger charge is -2.28. The zero-order valence-corrected chi connectivity index (χ0v) is 19.4. The van der Waals surface area contributed by atoms with E-state index in [1.54, 1.807) is 0 Å². The van der Waals surface area contributed by atoms with Gasteiger partial charge in [0.1, 0.15) is 46.0 Å². The minimum absolute atomic E-state index is 0.0258. The lowest BCUT2D eigenvalue weighted by Crippen LogP contribution is -2.26. The number of rotatable bonds is 5. The molecule has 0 aliphatic carbocycles. The van der Waals surface area contributed by atoms with E-state index in [2.05, 4.69) is 4.74 Å². The van der Waals surface area contributed by atoms with Crippen molar-refractivity contribution >= 4 is 0 Å². The summed E-state index contributed by atoms with van der Waals surface area (Å²) < 4.78 is 149. The van der Waals surface area contributed by atoms with Gasteiger partial charge in [-0.25, -0.2) is 22.0 Å². The SMILES string of the molecule is CC1CCC(c2cc(F)c(C(F)(F)Oc3ccc(-c4cc(F)c(C(F)(F)F)c(F)c4)c(F)c3)c(F)c2)OC1. The highest BCUT2D eigenvalue weighted by Gasteiger charge is 2.42. The molecule has 4 rings (SSSR count). The van der Waals surface area contributed by atoms with Gasteiger partial charge in [-0.2, -0.15) is 22.0 Å². The molecule has 2 atom stereocenters. The molecule has 0 amide bonds. The van der Waals surface area contributed by atoms with E-state index in [1.165, 1.54) is 0 Å². The Morgan fingerprint density at radius 3 is 1.82 bits per heavy atom. The number of benzene rings is 3. The van der Waals surface area contributed by atoms with Crippen LogP contribution in [0.1, 0.15) is 42.6 Å². The van der Waals surface area contributed by atoms with Gasteiger partial charge < -0.3 is 9.47 Å². The molecule has 3 aromatic rings. The van der Waals surface area contributed by atoms with E-state index in [9.17, 15) is 43.9 Å². The fraction of sp³-hybridized carbons (Fsp3) is 0.308. The van der Waals surface area contributed by atoms with Gasteiger partial charge in [-0.05, 0) is 66.3 Å². The summed E-state index contributed by atoms with van der Waals surface area (Å²) in [4.78, 5) is 0. The topological polar surface area (TPSA) is 18.5 Å². The van der Waals surface area contributed by atoms with Crippen LogP contribution in [-0.4, -0.2) is 6.61 Å².